The fourth-order valence-electron chi connectivity index (χ4n) is 2.33. The molecule has 0 unspecified atom stereocenters. The predicted octanol–water partition coefficient (Wildman–Crippen LogP) is 3.88. The van der Waals surface area contributed by atoms with Crippen LogP contribution in [0.5, 0.6) is 5.75 Å². The number of aryl methyl sites for hydroxylation is 2. The second-order valence-corrected chi connectivity index (χ2v) is 5.64. The highest BCUT2D eigenvalue weighted by atomic mass is 16.5. The average molecular weight is 288 g/mol. The molecule has 114 valence electrons. The lowest BCUT2D eigenvalue weighted by atomic mass is 9.84. The van der Waals surface area contributed by atoms with Crippen molar-refractivity contribution in [1.82, 2.24) is 0 Å². The summed E-state index contributed by atoms with van der Waals surface area (Å²) < 4.78 is 5.36. The zero-order valence-corrected chi connectivity index (χ0v) is 13.7. The van der Waals surface area contributed by atoms with Gasteiger partial charge in [-0.15, -0.1) is 0 Å². The van der Waals surface area contributed by atoms with Gasteiger partial charge in [0.15, 0.2) is 5.78 Å². The third-order valence-corrected chi connectivity index (χ3v) is 3.84. The molecule has 0 saturated carbocycles. The Hall–Kier alpha value is -1.87. The van der Waals surface area contributed by atoms with E-state index in [2.05, 4.69) is 0 Å². The fourth-order valence-corrected chi connectivity index (χ4v) is 2.33. The average Bonchev–Trinajstić information content (AvgIpc) is 2.34. The second-order valence-electron chi connectivity index (χ2n) is 5.64. The number of ketones is 1. The minimum absolute atomic E-state index is 0.0551. The van der Waals surface area contributed by atoms with E-state index in [4.69, 9.17) is 9.84 Å². The molecule has 0 amide bonds. The maximum atomic E-state index is 11.1. The molecule has 1 aliphatic carbocycles. The van der Waals surface area contributed by atoms with E-state index in [1.54, 1.807) is 31.4 Å². The molecule has 1 aliphatic rings. The Morgan fingerprint density at radius 2 is 1.38 bits per heavy atom. The molecule has 3 heteroatoms. The number of ether oxygens (including phenoxy) is 1. The number of benzene rings is 1. The summed E-state index contributed by atoms with van der Waals surface area (Å²) in [6, 6.07) is 5.51. The Morgan fingerprint density at radius 3 is 1.71 bits per heavy atom. The fraction of sp³-hybridized carbons (Fsp3) is 0.389. The van der Waals surface area contributed by atoms with Gasteiger partial charge in [-0.2, -0.15) is 0 Å². The van der Waals surface area contributed by atoms with Crippen LogP contribution in [0, 0.1) is 13.8 Å². The van der Waals surface area contributed by atoms with Crippen LogP contribution >= 0.6 is 0 Å². The molecule has 0 fully saturated rings. The van der Waals surface area contributed by atoms with Crippen LogP contribution < -0.4 is 0 Å². The molecule has 0 spiro atoms. The lowest BCUT2D eigenvalue weighted by Crippen LogP contribution is -2.33. The summed E-state index contributed by atoms with van der Waals surface area (Å²) >= 11 is 0. The minimum atomic E-state index is -0.381. The van der Waals surface area contributed by atoms with Crippen molar-refractivity contribution in [1.29, 1.82) is 0 Å². The largest absolute Gasteiger partial charge is 0.508 e. The molecule has 0 heterocycles. The zero-order valence-electron chi connectivity index (χ0n) is 13.7. The van der Waals surface area contributed by atoms with Gasteiger partial charge in [-0.3, -0.25) is 4.79 Å². The van der Waals surface area contributed by atoms with Crippen LogP contribution in [-0.2, 0) is 9.53 Å². The topological polar surface area (TPSA) is 46.5 Å². The van der Waals surface area contributed by atoms with Crippen molar-refractivity contribution in [2.24, 2.45) is 0 Å². The summed E-state index contributed by atoms with van der Waals surface area (Å²) in [5, 5.41) is 8.99. The van der Waals surface area contributed by atoms with Gasteiger partial charge in [0, 0.05) is 7.11 Å². The van der Waals surface area contributed by atoms with Crippen molar-refractivity contribution >= 4 is 5.78 Å². The molecule has 0 bridgehead atoms. The second kappa shape index (κ2) is 6.72. The van der Waals surface area contributed by atoms with Gasteiger partial charge in [-0.25, -0.2) is 0 Å². The molecule has 1 aromatic carbocycles. The Kier molecular flexibility index (Phi) is 5.50. The minimum Gasteiger partial charge on any atom is -0.508 e. The van der Waals surface area contributed by atoms with E-state index < -0.39 is 0 Å². The predicted molar refractivity (Wildman–Crippen MR) is 85.5 cm³/mol. The molecule has 1 aromatic rings. The van der Waals surface area contributed by atoms with Crippen molar-refractivity contribution in [3.63, 3.8) is 0 Å². The number of hydrogen-bond acceptors (Lipinski definition) is 3. The number of rotatable bonds is 1. The normalized spacial score (nSPS) is 16.6. The molecule has 3 nitrogen and oxygen atoms in total. The standard InChI is InChI=1S/C10H14O2.C8H10O/c1-7-5-9(11)6-8(2)10(7,3)12-4;1-6-3-7(2)5-8(9)4-6/h5-6H,1-4H3;3-5,9H,1-2H3. The van der Waals surface area contributed by atoms with Crippen LogP contribution in [0.15, 0.2) is 41.5 Å². The summed E-state index contributed by atoms with van der Waals surface area (Å²) in [6.45, 7) is 9.73. The molecule has 0 aromatic heterocycles. The first-order valence-electron chi connectivity index (χ1n) is 6.93. The first-order chi connectivity index (χ1) is 9.68. The first-order valence-corrected chi connectivity index (χ1v) is 6.93. The highest BCUT2D eigenvalue weighted by molar-refractivity contribution is 6.02. The van der Waals surface area contributed by atoms with E-state index in [9.17, 15) is 4.79 Å². The van der Waals surface area contributed by atoms with Crippen molar-refractivity contribution in [3.05, 3.63) is 52.6 Å². The number of phenols is 1. The van der Waals surface area contributed by atoms with Gasteiger partial charge in [0.25, 0.3) is 0 Å². The molecule has 0 radical (unpaired) electrons. The quantitative estimate of drug-likeness (QED) is 0.853. The molecule has 21 heavy (non-hydrogen) atoms. The number of phenolic OH excluding ortho intramolecular Hbond substituents is 1. The van der Waals surface area contributed by atoms with E-state index in [1.807, 2.05) is 40.7 Å². The summed E-state index contributed by atoms with van der Waals surface area (Å²) in [5.41, 5.74) is 3.76. The van der Waals surface area contributed by atoms with Gasteiger partial charge in [0.2, 0.25) is 0 Å². The number of carbonyl (C=O) groups excluding carboxylic acids is 1. The molecule has 0 saturated heterocycles. The maximum Gasteiger partial charge on any atom is 0.178 e. The Labute approximate surface area is 127 Å². The van der Waals surface area contributed by atoms with E-state index >= 15 is 0 Å². The monoisotopic (exact) mass is 288 g/mol. The lowest BCUT2D eigenvalue weighted by Gasteiger charge is -2.32. The van der Waals surface area contributed by atoms with Crippen LogP contribution in [0.1, 0.15) is 31.9 Å². The highest BCUT2D eigenvalue weighted by Gasteiger charge is 2.31. The highest BCUT2D eigenvalue weighted by Crippen LogP contribution is 2.31. The maximum absolute atomic E-state index is 11.1. The van der Waals surface area contributed by atoms with Crippen LogP contribution in [-0.4, -0.2) is 23.6 Å². The van der Waals surface area contributed by atoms with Crippen molar-refractivity contribution < 1.29 is 14.6 Å². The number of carbonyl (C=O) groups is 1. The summed E-state index contributed by atoms with van der Waals surface area (Å²) in [7, 11) is 1.66. The van der Waals surface area contributed by atoms with Gasteiger partial charge in [0.05, 0.1) is 0 Å². The van der Waals surface area contributed by atoms with Crippen LogP contribution in [0.3, 0.4) is 0 Å². The van der Waals surface area contributed by atoms with Gasteiger partial charge >= 0.3 is 0 Å². The van der Waals surface area contributed by atoms with Crippen molar-refractivity contribution in [2.45, 2.75) is 40.2 Å². The Bertz CT molecular complexity index is 522. The molecule has 0 atom stereocenters. The summed E-state index contributed by atoms with van der Waals surface area (Å²) in [5.74, 6) is 0.409. The van der Waals surface area contributed by atoms with E-state index in [1.165, 1.54) is 0 Å². The molecule has 1 N–H and O–H groups in total. The SMILES string of the molecule is COC1(C)C(C)=CC(=O)C=C1C.Cc1cc(C)cc(O)c1. The third kappa shape index (κ3) is 4.30. The third-order valence-electron chi connectivity index (χ3n) is 3.84. The van der Waals surface area contributed by atoms with Crippen LogP contribution in [0.2, 0.25) is 0 Å². The van der Waals surface area contributed by atoms with Crippen LogP contribution in [0.4, 0.5) is 0 Å². The van der Waals surface area contributed by atoms with Crippen molar-refractivity contribution in [2.75, 3.05) is 7.11 Å². The zero-order chi connectivity index (χ0) is 16.2. The lowest BCUT2D eigenvalue weighted by molar-refractivity contribution is -0.111. The Balaban J connectivity index is 0.000000219. The molecule has 2 rings (SSSR count). The van der Waals surface area contributed by atoms with Crippen LogP contribution in [0.25, 0.3) is 0 Å². The molecular weight excluding hydrogens is 264 g/mol. The molecule has 0 aliphatic heterocycles. The van der Waals surface area contributed by atoms with Crippen molar-refractivity contribution in [3.8, 4) is 5.75 Å². The van der Waals surface area contributed by atoms with Gasteiger partial charge in [-0.1, -0.05) is 6.07 Å². The number of allylic oxidation sites excluding steroid dienone is 2. The first kappa shape index (κ1) is 17.2. The number of hydrogen-bond donors (Lipinski definition) is 1. The van der Waals surface area contributed by atoms with E-state index in [-0.39, 0.29) is 11.4 Å². The molecular formula is C18H24O3. The number of methoxy groups -OCH3 is 1. The smallest absolute Gasteiger partial charge is 0.178 e. The number of aromatic hydroxyl groups is 1. The van der Waals surface area contributed by atoms with Gasteiger partial charge in [-0.05, 0) is 81.2 Å². The Morgan fingerprint density at radius 1 is 0.952 bits per heavy atom. The summed E-state index contributed by atoms with van der Waals surface area (Å²) in [4.78, 5) is 11.1. The van der Waals surface area contributed by atoms with Gasteiger partial charge < -0.3 is 9.84 Å². The van der Waals surface area contributed by atoms with E-state index in [0.717, 1.165) is 22.3 Å². The summed E-state index contributed by atoms with van der Waals surface area (Å²) in [6.07, 6.45) is 3.24. The van der Waals surface area contributed by atoms with E-state index in [0.29, 0.717) is 5.75 Å². The van der Waals surface area contributed by atoms with Gasteiger partial charge in [0.1, 0.15) is 11.4 Å².